The van der Waals surface area contributed by atoms with Gasteiger partial charge in [-0.3, -0.25) is 9.59 Å². The van der Waals surface area contributed by atoms with Crippen LogP contribution in [0.25, 0.3) is 15.3 Å². The third kappa shape index (κ3) is 3.58. The van der Waals surface area contributed by atoms with E-state index in [-0.39, 0.29) is 25.2 Å². The molecule has 3 heterocycles. The molecule has 0 atom stereocenters. The normalized spacial score (nSPS) is 12.1. The van der Waals surface area contributed by atoms with Crippen molar-refractivity contribution in [3.8, 4) is 16.6 Å². The number of ether oxygens (including phenoxy) is 2. The van der Waals surface area contributed by atoms with E-state index in [4.69, 9.17) is 9.47 Å². The lowest BCUT2D eigenvalue weighted by Crippen LogP contribution is -2.32. The Morgan fingerprint density at radius 3 is 2.77 bits per heavy atom. The first-order valence-electron chi connectivity index (χ1n) is 9.17. The molecule has 0 saturated carbocycles. The van der Waals surface area contributed by atoms with Crippen molar-refractivity contribution in [2.45, 2.75) is 0 Å². The lowest BCUT2D eigenvalue weighted by molar-refractivity contribution is -0.115. The van der Waals surface area contributed by atoms with Crippen LogP contribution in [0.4, 0.5) is 5.69 Å². The fourth-order valence-corrected chi connectivity index (χ4v) is 4.04. The van der Waals surface area contributed by atoms with Crippen LogP contribution in [0, 0.1) is 0 Å². The minimum atomic E-state index is -0.337. The molecule has 30 heavy (non-hydrogen) atoms. The van der Waals surface area contributed by atoms with Crippen molar-refractivity contribution in [1.82, 2.24) is 14.9 Å². The summed E-state index contributed by atoms with van der Waals surface area (Å²) in [5.74, 6) is 0.554. The zero-order valence-electron chi connectivity index (χ0n) is 15.6. The van der Waals surface area contributed by atoms with E-state index in [1.807, 2.05) is 29.1 Å². The predicted molar refractivity (Wildman–Crippen MR) is 112 cm³/mol. The smallest absolute Gasteiger partial charge is 0.251 e. The topological polar surface area (TPSA) is 94.5 Å². The van der Waals surface area contributed by atoms with Crippen LogP contribution in [-0.2, 0) is 4.79 Å². The number of thiazole rings is 1. The number of benzene rings is 2. The van der Waals surface area contributed by atoms with Crippen LogP contribution in [0.5, 0.6) is 11.5 Å². The molecule has 1 aliphatic heterocycles. The van der Waals surface area contributed by atoms with Crippen LogP contribution in [0.1, 0.15) is 10.4 Å². The fraction of sp³-hybridized carbons (Fsp3) is 0.0952. The van der Waals surface area contributed by atoms with E-state index in [1.54, 1.807) is 36.4 Å². The molecule has 0 radical (unpaired) electrons. The van der Waals surface area contributed by atoms with Crippen molar-refractivity contribution in [1.29, 1.82) is 0 Å². The first-order valence-corrected chi connectivity index (χ1v) is 9.99. The van der Waals surface area contributed by atoms with E-state index in [0.29, 0.717) is 22.7 Å². The van der Waals surface area contributed by atoms with E-state index < -0.39 is 0 Å². The van der Waals surface area contributed by atoms with E-state index in [0.717, 1.165) is 15.3 Å². The van der Waals surface area contributed by atoms with Crippen molar-refractivity contribution in [3.63, 3.8) is 0 Å². The molecular formula is C21H16N4O4S. The number of nitrogens with zero attached hydrogens (tertiary/aromatic N) is 2. The molecule has 4 aromatic rings. The molecule has 2 N–H and O–H groups in total. The Labute approximate surface area is 175 Å². The maximum Gasteiger partial charge on any atom is 0.251 e. The first-order chi connectivity index (χ1) is 14.7. The fourth-order valence-electron chi connectivity index (χ4n) is 3.07. The molecule has 1 aliphatic rings. The lowest BCUT2D eigenvalue weighted by atomic mass is 10.2. The molecule has 5 rings (SSSR count). The maximum atomic E-state index is 12.5. The number of anilines is 1. The number of amides is 2. The second kappa shape index (κ2) is 7.53. The third-order valence-electron chi connectivity index (χ3n) is 4.53. The van der Waals surface area contributed by atoms with Gasteiger partial charge in [0, 0.05) is 29.7 Å². The molecule has 0 unspecified atom stereocenters. The third-order valence-corrected chi connectivity index (χ3v) is 5.56. The number of carbonyl (C=O) groups is 2. The van der Waals surface area contributed by atoms with Crippen molar-refractivity contribution in [2.75, 3.05) is 18.7 Å². The van der Waals surface area contributed by atoms with Crippen LogP contribution in [0.3, 0.4) is 0 Å². The highest BCUT2D eigenvalue weighted by molar-refractivity contribution is 7.20. The Kier molecular flexibility index (Phi) is 4.56. The number of rotatable bonds is 5. The minimum Gasteiger partial charge on any atom is -0.454 e. The molecule has 8 nitrogen and oxygen atoms in total. The Bertz CT molecular complexity index is 1250. The van der Waals surface area contributed by atoms with Gasteiger partial charge in [-0.05, 0) is 42.5 Å². The van der Waals surface area contributed by atoms with Gasteiger partial charge in [0.15, 0.2) is 16.6 Å². The Hall–Kier alpha value is -3.85. The Morgan fingerprint density at radius 1 is 1.07 bits per heavy atom. The standard InChI is InChI=1S/C21H16N4O4S/c26-19(23-14-4-6-16-17(10-14)29-12-28-16)11-22-20(27)13-3-5-15-18(9-13)30-21(24-15)25-7-1-2-8-25/h1-10H,11-12H2,(H,22,27)(H,23,26). The van der Waals surface area contributed by atoms with Crippen molar-refractivity contribution in [2.24, 2.45) is 0 Å². The van der Waals surface area contributed by atoms with Crippen LogP contribution in [-0.4, -0.2) is 34.7 Å². The summed E-state index contributed by atoms with van der Waals surface area (Å²) in [7, 11) is 0. The van der Waals surface area contributed by atoms with Gasteiger partial charge in [-0.25, -0.2) is 4.98 Å². The molecule has 2 amide bonds. The van der Waals surface area contributed by atoms with Gasteiger partial charge in [0.25, 0.3) is 5.91 Å². The number of fused-ring (bicyclic) bond motifs is 2. The van der Waals surface area contributed by atoms with Gasteiger partial charge in [0.2, 0.25) is 12.7 Å². The molecule has 0 saturated heterocycles. The Balaban J connectivity index is 1.22. The van der Waals surface area contributed by atoms with E-state index in [2.05, 4.69) is 15.6 Å². The molecule has 0 spiro atoms. The van der Waals surface area contributed by atoms with Crippen molar-refractivity contribution >= 4 is 39.1 Å². The first kappa shape index (κ1) is 18.2. The summed E-state index contributed by atoms with van der Waals surface area (Å²) in [5.41, 5.74) is 1.86. The average Bonchev–Trinajstić information content (AvgIpc) is 3.50. The average molecular weight is 420 g/mol. The lowest BCUT2D eigenvalue weighted by Gasteiger charge is -2.08. The molecule has 2 aromatic carbocycles. The SMILES string of the molecule is O=C(CNC(=O)c1ccc2nc(-n3cccc3)sc2c1)Nc1ccc2c(c1)OCO2. The second-order valence-corrected chi connectivity index (χ2v) is 7.58. The number of hydrogen-bond donors (Lipinski definition) is 2. The zero-order valence-corrected chi connectivity index (χ0v) is 16.4. The summed E-state index contributed by atoms with van der Waals surface area (Å²) in [4.78, 5) is 29.2. The van der Waals surface area contributed by atoms with Crippen LogP contribution in [0.2, 0.25) is 0 Å². The molecule has 150 valence electrons. The van der Waals surface area contributed by atoms with Gasteiger partial charge in [-0.1, -0.05) is 11.3 Å². The van der Waals surface area contributed by atoms with Gasteiger partial charge >= 0.3 is 0 Å². The second-order valence-electron chi connectivity index (χ2n) is 6.57. The molecule has 2 aromatic heterocycles. The van der Waals surface area contributed by atoms with E-state index >= 15 is 0 Å². The zero-order chi connectivity index (χ0) is 20.5. The molecule has 0 aliphatic carbocycles. The van der Waals surface area contributed by atoms with E-state index in [1.165, 1.54) is 11.3 Å². The minimum absolute atomic E-state index is 0.150. The van der Waals surface area contributed by atoms with Crippen molar-refractivity contribution < 1.29 is 19.1 Å². The maximum absolute atomic E-state index is 12.5. The monoisotopic (exact) mass is 420 g/mol. The highest BCUT2D eigenvalue weighted by Gasteiger charge is 2.15. The van der Waals surface area contributed by atoms with Gasteiger partial charge in [0.05, 0.1) is 16.8 Å². The number of nitrogens with one attached hydrogen (secondary N) is 2. The van der Waals surface area contributed by atoms with Gasteiger partial charge < -0.3 is 24.7 Å². The molecule has 0 bridgehead atoms. The summed E-state index contributed by atoms with van der Waals surface area (Å²) >= 11 is 1.49. The largest absolute Gasteiger partial charge is 0.454 e. The Morgan fingerprint density at radius 2 is 1.90 bits per heavy atom. The summed E-state index contributed by atoms with van der Waals surface area (Å²) in [6, 6.07) is 14.3. The summed E-state index contributed by atoms with van der Waals surface area (Å²) < 4.78 is 13.4. The highest BCUT2D eigenvalue weighted by atomic mass is 32.1. The number of carbonyl (C=O) groups excluding carboxylic acids is 2. The summed E-state index contributed by atoms with van der Waals surface area (Å²) in [5, 5.41) is 6.20. The highest BCUT2D eigenvalue weighted by Crippen LogP contribution is 2.34. The quantitative estimate of drug-likeness (QED) is 0.517. The van der Waals surface area contributed by atoms with Crippen LogP contribution in [0.15, 0.2) is 60.9 Å². The summed E-state index contributed by atoms with van der Waals surface area (Å²) in [6.07, 6.45) is 3.84. The molecule has 0 fully saturated rings. The summed E-state index contributed by atoms with van der Waals surface area (Å²) in [6.45, 7) is 0.0163. The van der Waals surface area contributed by atoms with Crippen LogP contribution < -0.4 is 20.1 Å². The van der Waals surface area contributed by atoms with E-state index in [9.17, 15) is 9.59 Å². The molecular weight excluding hydrogens is 404 g/mol. The molecule has 9 heteroatoms. The van der Waals surface area contributed by atoms with Crippen molar-refractivity contribution in [3.05, 3.63) is 66.5 Å². The van der Waals surface area contributed by atoms with Gasteiger partial charge in [-0.2, -0.15) is 0 Å². The van der Waals surface area contributed by atoms with Gasteiger partial charge in [-0.15, -0.1) is 0 Å². The van der Waals surface area contributed by atoms with Crippen LogP contribution >= 0.6 is 11.3 Å². The number of aromatic nitrogens is 2. The van der Waals surface area contributed by atoms with Gasteiger partial charge in [0.1, 0.15) is 0 Å². The number of hydrogen-bond acceptors (Lipinski definition) is 6. The predicted octanol–water partition coefficient (Wildman–Crippen LogP) is 3.18.